The van der Waals surface area contributed by atoms with Gasteiger partial charge in [0.2, 0.25) is 5.91 Å². The van der Waals surface area contributed by atoms with E-state index in [-0.39, 0.29) is 23.9 Å². The number of hydrogen-bond donors (Lipinski definition) is 2. The molecule has 0 radical (unpaired) electrons. The van der Waals surface area contributed by atoms with E-state index in [1.54, 1.807) is 15.9 Å². The van der Waals surface area contributed by atoms with E-state index in [9.17, 15) is 9.59 Å². The van der Waals surface area contributed by atoms with Crippen molar-refractivity contribution in [2.24, 2.45) is 0 Å². The third kappa shape index (κ3) is 3.61. The molecule has 0 saturated carbocycles. The normalized spacial score (nSPS) is 15.2. The van der Waals surface area contributed by atoms with Crippen LogP contribution in [-0.4, -0.2) is 36.4 Å². The fourth-order valence-electron chi connectivity index (χ4n) is 3.98. The number of H-pyrrole nitrogens is 1. The van der Waals surface area contributed by atoms with Gasteiger partial charge in [0.05, 0.1) is 22.5 Å². The molecule has 5 aromatic rings. The monoisotopic (exact) mass is 474 g/mol. The summed E-state index contributed by atoms with van der Waals surface area (Å²) in [6, 6.07) is 13.7. The van der Waals surface area contributed by atoms with E-state index in [4.69, 9.17) is 4.98 Å². The SMILES string of the molecule is Cc1ccc2nc(-c3ccc(NC(=O)CC4CSc5nc6[nH]ncc6c(=O)n54)cc3)sc2c1. The Labute approximate surface area is 196 Å². The molecule has 0 aliphatic carbocycles. The molecule has 0 spiro atoms. The Morgan fingerprint density at radius 2 is 2.06 bits per heavy atom. The number of aryl methyl sites for hydroxylation is 1. The van der Waals surface area contributed by atoms with Crippen LogP contribution in [0.15, 0.2) is 58.6 Å². The first-order valence-corrected chi connectivity index (χ1v) is 12.2. The maximum absolute atomic E-state index is 12.8. The number of anilines is 1. The predicted octanol–water partition coefficient (Wildman–Crippen LogP) is 4.38. The third-order valence-corrected chi connectivity index (χ3v) is 7.80. The fourth-order valence-corrected chi connectivity index (χ4v) is 6.19. The maximum atomic E-state index is 12.8. The minimum atomic E-state index is -0.241. The molecule has 6 rings (SSSR count). The smallest absolute Gasteiger partial charge is 0.265 e. The second-order valence-corrected chi connectivity index (χ2v) is 10.0. The molecule has 1 aliphatic heterocycles. The first kappa shape index (κ1) is 20.1. The van der Waals surface area contributed by atoms with E-state index < -0.39 is 0 Å². The Morgan fingerprint density at radius 3 is 2.91 bits per heavy atom. The number of carbonyl (C=O) groups is 1. The molecule has 0 saturated heterocycles. The lowest BCUT2D eigenvalue weighted by Gasteiger charge is -2.13. The predicted molar refractivity (Wildman–Crippen MR) is 131 cm³/mol. The first-order chi connectivity index (χ1) is 16.0. The molecule has 1 aliphatic rings. The van der Waals surface area contributed by atoms with Crippen molar-refractivity contribution in [3.05, 3.63) is 64.6 Å². The van der Waals surface area contributed by atoms with Crippen LogP contribution >= 0.6 is 23.1 Å². The van der Waals surface area contributed by atoms with Gasteiger partial charge in [0.25, 0.3) is 5.56 Å². The molecule has 10 heteroatoms. The molecular weight excluding hydrogens is 456 g/mol. The summed E-state index contributed by atoms with van der Waals surface area (Å²) in [6.07, 6.45) is 1.68. The molecular formula is C23H18N6O2S2. The topological polar surface area (TPSA) is 106 Å². The second kappa shape index (κ2) is 7.82. The Bertz CT molecular complexity index is 1580. The summed E-state index contributed by atoms with van der Waals surface area (Å²) in [4.78, 5) is 34.7. The minimum Gasteiger partial charge on any atom is -0.326 e. The average molecular weight is 475 g/mol. The van der Waals surface area contributed by atoms with E-state index in [2.05, 4.69) is 39.6 Å². The molecule has 8 nitrogen and oxygen atoms in total. The van der Waals surface area contributed by atoms with Crippen LogP contribution in [0.25, 0.3) is 31.8 Å². The summed E-state index contributed by atoms with van der Waals surface area (Å²) >= 11 is 3.13. The third-order valence-electron chi connectivity index (χ3n) is 5.63. The zero-order chi connectivity index (χ0) is 22.5. The number of amides is 1. The first-order valence-electron chi connectivity index (χ1n) is 10.4. The number of rotatable bonds is 4. The zero-order valence-corrected chi connectivity index (χ0v) is 19.2. The van der Waals surface area contributed by atoms with Gasteiger partial charge < -0.3 is 5.32 Å². The van der Waals surface area contributed by atoms with Crippen LogP contribution in [0, 0.1) is 6.92 Å². The van der Waals surface area contributed by atoms with E-state index in [0.717, 1.165) is 20.8 Å². The van der Waals surface area contributed by atoms with Gasteiger partial charge in [-0.25, -0.2) is 9.97 Å². The molecule has 3 aromatic heterocycles. The molecule has 164 valence electrons. The molecule has 2 N–H and O–H groups in total. The standard InChI is InChI=1S/C23H18N6O2S2/c1-12-2-7-17-18(8-12)33-21(26-17)13-3-5-14(6-4-13)25-19(30)9-15-11-32-23-27-20-16(10-24-28-20)22(31)29(15)23/h2-8,10,15H,9,11H2,1H3,(H,24,28)(H,25,30). The highest BCUT2D eigenvalue weighted by Crippen LogP contribution is 2.34. The van der Waals surface area contributed by atoms with Crippen molar-refractivity contribution in [2.45, 2.75) is 24.5 Å². The van der Waals surface area contributed by atoms with Crippen LogP contribution in [0.4, 0.5) is 5.69 Å². The van der Waals surface area contributed by atoms with Crippen molar-refractivity contribution >= 4 is 55.9 Å². The van der Waals surface area contributed by atoms with E-state index in [0.29, 0.717) is 27.6 Å². The number of nitrogens with zero attached hydrogens (tertiary/aromatic N) is 4. The van der Waals surface area contributed by atoms with Gasteiger partial charge in [-0.2, -0.15) is 5.10 Å². The lowest BCUT2D eigenvalue weighted by atomic mass is 10.2. The fraction of sp³-hybridized carbons (Fsp3) is 0.174. The van der Waals surface area contributed by atoms with E-state index in [1.165, 1.54) is 23.5 Å². The molecule has 0 fully saturated rings. The molecule has 0 bridgehead atoms. The zero-order valence-electron chi connectivity index (χ0n) is 17.5. The van der Waals surface area contributed by atoms with Gasteiger partial charge in [0.15, 0.2) is 10.8 Å². The molecule has 1 amide bonds. The van der Waals surface area contributed by atoms with Crippen molar-refractivity contribution in [3.63, 3.8) is 0 Å². The number of benzene rings is 2. The number of hydrogen-bond acceptors (Lipinski definition) is 7. The Morgan fingerprint density at radius 1 is 1.21 bits per heavy atom. The van der Waals surface area contributed by atoms with Crippen molar-refractivity contribution < 1.29 is 4.79 Å². The maximum Gasteiger partial charge on any atom is 0.265 e. The summed E-state index contributed by atoms with van der Waals surface area (Å²) in [6.45, 7) is 2.07. The van der Waals surface area contributed by atoms with E-state index in [1.807, 2.05) is 30.3 Å². The van der Waals surface area contributed by atoms with Crippen LogP contribution in [-0.2, 0) is 4.79 Å². The largest absolute Gasteiger partial charge is 0.326 e. The molecule has 2 aromatic carbocycles. The molecule has 1 atom stereocenters. The number of aromatic nitrogens is 5. The average Bonchev–Trinajstić information content (AvgIpc) is 3.53. The van der Waals surface area contributed by atoms with Crippen molar-refractivity contribution in [1.29, 1.82) is 0 Å². The molecule has 33 heavy (non-hydrogen) atoms. The number of aromatic amines is 1. The lowest BCUT2D eigenvalue weighted by Crippen LogP contribution is -2.27. The van der Waals surface area contributed by atoms with Crippen LogP contribution < -0.4 is 10.9 Å². The number of thioether (sulfide) groups is 1. The summed E-state index contributed by atoms with van der Waals surface area (Å²) in [5.74, 6) is 0.488. The van der Waals surface area contributed by atoms with Crippen molar-refractivity contribution in [1.82, 2.24) is 24.7 Å². The Hall–Kier alpha value is -3.50. The highest BCUT2D eigenvalue weighted by Gasteiger charge is 2.28. The van der Waals surface area contributed by atoms with E-state index >= 15 is 0 Å². The Balaban J connectivity index is 1.17. The Kier molecular flexibility index (Phi) is 4.77. The number of carbonyl (C=O) groups excluding carboxylic acids is 1. The van der Waals surface area contributed by atoms with Gasteiger partial charge in [-0.3, -0.25) is 19.3 Å². The van der Waals surface area contributed by atoms with Crippen molar-refractivity contribution in [3.8, 4) is 10.6 Å². The summed E-state index contributed by atoms with van der Waals surface area (Å²) in [7, 11) is 0. The number of thiazole rings is 1. The van der Waals surface area contributed by atoms with Gasteiger partial charge in [-0.05, 0) is 48.9 Å². The van der Waals surface area contributed by atoms with Crippen LogP contribution in [0.5, 0.6) is 0 Å². The quantitative estimate of drug-likeness (QED) is 0.375. The summed E-state index contributed by atoms with van der Waals surface area (Å²) in [5, 5.41) is 11.6. The van der Waals surface area contributed by atoms with Crippen LogP contribution in [0.1, 0.15) is 18.0 Å². The summed E-state index contributed by atoms with van der Waals surface area (Å²) < 4.78 is 2.77. The van der Waals surface area contributed by atoms with Gasteiger partial charge in [0, 0.05) is 23.4 Å². The molecule has 1 unspecified atom stereocenters. The minimum absolute atomic E-state index is 0.143. The van der Waals surface area contributed by atoms with Crippen molar-refractivity contribution in [2.75, 3.05) is 11.1 Å². The van der Waals surface area contributed by atoms with Crippen LogP contribution in [0.3, 0.4) is 0 Å². The highest BCUT2D eigenvalue weighted by molar-refractivity contribution is 7.99. The van der Waals surface area contributed by atoms with Gasteiger partial charge in [0.1, 0.15) is 10.4 Å². The second-order valence-electron chi connectivity index (χ2n) is 7.99. The van der Waals surface area contributed by atoms with Crippen LogP contribution in [0.2, 0.25) is 0 Å². The highest BCUT2D eigenvalue weighted by atomic mass is 32.2. The van der Waals surface area contributed by atoms with Gasteiger partial charge >= 0.3 is 0 Å². The number of fused-ring (bicyclic) bond motifs is 3. The molecule has 4 heterocycles. The van der Waals surface area contributed by atoms with Gasteiger partial charge in [-0.15, -0.1) is 11.3 Å². The lowest BCUT2D eigenvalue weighted by molar-refractivity contribution is -0.116. The summed E-state index contributed by atoms with van der Waals surface area (Å²) in [5.41, 5.74) is 4.24. The van der Waals surface area contributed by atoms with Gasteiger partial charge in [-0.1, -0.05) is 17.8 Å². The number of nitrogens with one attached hydrogen (secondary N) is 2.